The number of hydrogen-bond donors (Lipinski definition) is 2. The van der Waals surface area contributed by atoms with Crippen molar-refractivity contribution in [1.29, 1.82) is 0 Å². The van der Waals surface area contributed by atoms with E-state index >= 15 is 0 Å². The summed E-state index contributed by atoms with van der Waals surface area (Å²) in [6.07, 6.45) is 2.01. The van der Waals surface area contributed by atoms with Crippen LogP contribution in [0.15, 0.2) is 28.6 Å². The number of guanidine groups is 1. The molecule has 0 atom stereocenters. The number of nitrogens with one attached hydrogen (secondary N) is 2. The third kappa shape index (κ3) is 5.89. The summed E-state index contributed by atoms with van der Waals surface area (Å²) in [5.74, 6) is 1.28. The minimum Gasteiger partial charge on any atom is -0.354 e. The normalized spacial score (nSPS) is 11.5. The molecule has 1 aromatic carbocycles. The largest absolute Gasteiger partial charge is 0.354 e. The quantitative estimate of drug-likeness (QED) is 0.570. The van der Waals surface area contributed by atoms with E-state index in [1.54, 1.807) is 36.2 Å². The Morgan fingerprint density at radius 2 is 2.04 bits per heavy atom. The third-order valence-corrected chi connectivity index (χ3v) is 5.15. The SMILES string of the molecule is CN=C(NCc1csc(N(C)C)n1)NCc1ccc(F)cc1CSC. The number of anilines is 1. The van der Waals surface area contributed by atoms with E-state index in [4.69, 9.17) is 0 Å². The number of nitrogens with zero attached hydrogens (tertiary/aromatic N) is 3. The van der Waals surface area contributed by atoms with Crippen LogP contribution in [0.4, 0.5) is 9.52 Å². The highest BCUT2D eigenvalue weighted by molar-refractivity contribution is 7.97. The zero-order valence-electron chi connectivity index (χ0n) is 15.0. The molecule has 2 rings (SSSR count). The molecule has 136 valence electrons. The predicted molar refractivity (Wildman–Crippen MR) is 107 cm³/mol. The topological polar surface area (TPSA) is 52.6 Å². The molecular formula is C17H24FN5S2. The summed E-state index contributed by atoms with van der Waals surface area (Å²) in [4.78, 5) is 10.8. The van der Waals surface area contributed by atoms with Gasteiger partial charge in [-0.1, -0.05) is 6.07 Å². The smallest absolute Gasteiger partial charge is 0.191 e. The van der Waals surface area contributed by atoms with Crippen LogP contribution < -0.4 is 15.5 Å². The Labute approximate surface area is 156 Å². The second-order valence-corrected chi connectivity index (χ2v) is 7.34. The van der Waals surface area contributed by atoms with Gasteiger partial charge >= 0.3 is 0 Å². The molecule has 8 heteroatoms. The van der Waals surface area contributed by atoms with Crippen LogP contribution in [0.5, 0.6) is 0 Å². The van der Waals surface area contributed by atoms with Gasteiger partial charge in [0.1, 0.15) is 5.82 Å². The summed E-state index contributed by atoms with van der Waals surface area (Å²) in [5, 5.41) is 9.55. The first kappa shape index (κ1) is 19.5. The minimum absolute atomic E-state index is 0.199. The number of halogens is 1. The highest BCUT2D eigenvalue weighted by Crippen LogP contribution is 2.18. The molecule has 2 aromatic rings. The molecule has 1 aromatic heterocycles. The van der Waals surface area contributed by atoms with Crippen LogP contribution in [0, 0.1) is 5.82 Å². The second-order valence-electron chi connectivity index (χ2n) is 5.64. The molecule has 0 saturated heterocycles. The van der Waals surface area contributed by atoms with Crippen LogP contribution in [-0.2, 0) is 18.8 Å². The van der Waals surface area contributed by atoms with Gasteiger partial charge < -0.3 is 15.5 Å². The molecule has 0 saturated carbocycles. The maximum absolute atomic E-state index is 13.4. The molecule has 0 amide bonds. The van der Waals surface area contributed by atoms with Gasteiger partial charge in [0.25, 0.3) is 0 Å². The van der Waals surface area contributed by atoms with Gasteiger partial charge in [0, 0.05) is 38.8 Å². The molecule has 0 spiro atoms. The van der Waals surface area contributed by atoms with Gasteiger partial charge in [0.2, 0.25) is 0 Å². The molecule has 0 aliphatic carbocycles. The zero-order valence-corrected chi connectivity index (χ0v) is 16.6. The van der Waals surface area contributed by atoms with Crippen LogP contribution in [0.1, 0.15) is 16.8 Å². The van der Waals surface area contributed by atoms with Gasteiger partial charge in [-0.05, 0) is 29.5 Å². The van der Waals surface area contributed by atoms with Crippen molar-refractivity contribution in [1.82, 2.24) is 15.6 Å². The summed E-state index contributed by atoms with van der Waals surface area (Å²) in [6.45, 7) is 1.20. The summed E-state index contributed by atoms with van der Waals surface area (Å²) in [7, 11) is 5.69. The molecule has 0 aliphatic heterocycles. The van der Waals surface area contributed by atoms with Crippen molar-refractivity contribution in [2.24, 2.45) is 4.99 Å². The molecule has 5 nitrogen and oxygen atoms in total. The van der Waals surface area contributed by atoms with Gasteiger partial charge in [0.05, 0.1) is 12.2 Å². The van der Waals surface area contributed by atoms with Gasteiger partial charge in [-0.15, -0.1) is 11.3 Å². The Bertz CT molecular complexity index is 715. The Kier molecular flexibility index (Phi) is 7.52. The van der Waals surface area contributed by atoms with Crippen molar-refractivity contribution in [2.75, 3.05) is 32.3 Å². The first-order valence-corrected chi connectivity index (χ1v) is 10.1. The Morgan fingerprint density at radius 3 is 2.68 bits per heavy atom. The fourth-order valence-corrected chi connectivity index (χ4v) is 3.55. The minimum atomic E-state index is -0.199. The van der Waals surface area contributed by atoms with Gasteiger partial charge in [-0.2, -0.15) is 11.8 Å². The lowest BCUT2D eigenvalue weighted by Gasteiger charge is -2.14. The van der Waals surface area contributed by atoms with E-state index in [1.807, 2.05) is 36.7 Å². The maximum Gasteiger partial charge on any atom is 0.191 e. The fraction of sp³-hybridized carbons (Fsp3) is 0.412. The molecule has 25 heavy (non-hydrogen) atoms. The summed E-state index contributed by atoms with van der Waals surface area (Å²) in [5.41, 5.74) is 3.05. The number of rotatable bonds is 7. The summed E-state index contributed by atoms with van der Waals surface area (Å²) < 4.78 is 13.4. The first-order chi connectivity index (χ1) is 12.0. The van der Waals surface area contributed by atoms with E-state index in [0.717, 1.165) is 27.7 Å². The van der Waals surface area contributed by atoms with Crippen molar-refractivity contribution in [3.63, 3.8) is 0 Å². The molecule has 0 radical (unpaired) electrons. The number of aliphatic imine (C=N–C) groups is 1. The average molecular weight is 382 g/mol. The van der Waals surface area contributed by atoms with Crippen LogP contribution in [0.2, 0.25) is 0 Å². The van der Waals surface area contributed by atoms with E-state index in [1.165, 1.54) is 6.07 Å². The number of aromatic nitrogens is 1. The monoisotopic (exact) mass is 381 g/mol. The van der Waals surface area contributed by atoms with Gasteiger partial charge in [-0.25, -0.2) is 9.37 Å². The van der Waals surface area contributed by atoms with E-state index in [9.17, 15) is 4.39 Å². The number of thioether (sulfide) groups is 1. The third-order valence-electron chi connectivity index (χ3n) is 3.50. The van der Waals surface area contributed by atoms with Gasteiger partial charge in [0.15, 0.2) is 11.1 Å². The van der Waals surface area contributed by atoms with Crippen molar-refractivity contribution >= 4 is 34.2 Å². The van der Waals surface area contributed by atoms with E-state index < -0.39 is 0 Å². The lowest BCUT2D eigenvalue weighted by Crippen LogP contribution is -2.36. The Morgan fingerprint density at radius 1 is 1.28 bits per heavy atom. The van der Waals surface area contributed by atoms with Crippen LogP contribution in [0.25, 0.3) is 0 Å². The molecule has 0 bridgehead atoms. The van der Waals surface area contributed by atoms with Crippen molar-refractivity contribution in [3.8, 4) is 0 Å². The Balaban J connectivity index is 1.92. The number of benzene rings is 1. The van der Waals surface area contributed by atoms with Crippen molar-refractivity contribution in [3.05, 3.63) is 46.2 Å². The number of hydrogen-bond acceptors (Lipinski definition) is 5. The highest BCUT2D eigenvalue weighted by Gasteiger charge is 2.07. The molecule has 0 fully saturated rings. The van der Waals surface area contributed by atoms with E-state index in [-0.39, 0.29) is 5.82 Å². The molecule has 2 N–H and O–H groups in total. The van der Waals surface area contributed by atoms with E-state index in [0.29, 0.717) is 19.0 Å². The lowest BCUT2D eigenvalue weighted by atomic mass is 10.1. The predicted octanol–water partition coefficient (Wildman–Crippen LogP) is 3.08. The lowest BCUT2D eigenvalue weighted by molar-refractivity contribution is 0.625. The highest BCUT2D eigenvalue weighted by atomic mass is 32.2. The second kappa shape index (κ2) is 9.62. The molecular weight excluding hydrogens is 357 g/mol. The van der Waals surface area contributed by atoms with Crippen LogP contribution >= 0.6 is 23.1 Å². The Hall–Kier alpha value is -1.80. The summed E-state index contributed by atoms with van der Waals surface area (Å²) >= 11 is 3.29. The van der Waals surface area contributed by atoms with Crippen molar-refractivity contribution in [2.45, 2.75) is 18.8 Å². The summed E-state index contributed by atoms with van der Waals surface area (Å²) in [6, 6.07) is 4.92. The zero-order chi connectivity index (χ0) is 18.2. The molecule has 0 aliphatic rings. The first-order valence-electron chi connectivity index (χ1n) is 7.86. The molecule has 0 unspecified atom stereocenters. The van der Waals surface area contributed by atoms with E-state index in [2.05, 4.69) is 20.6 Å². The van der Waals surface area contributed by atoms with Crippen molar-refractivity contribution < 1.29 is 4.39 Å². The van der Waals surface area contributed by atoms with Crippen LogP contribution in [0.3, 0.4) is 0 Å². The maximum atomic E-state index is 13.4. The van der Waals surface area contributed by atoms with Gasteiger partial charge in [-0.3, -0.25) is 4.99 Å². The number of thiazole rings is 1. The average Bonchev–Trinajstić information content (AvgIpc) is 3.06. The standard InChI is InChI=1S/C17H24FN5S2/c1-19-16(21-9-15-11-25-17(22-15)23(2)3)20-8-12-5-6-14(18)7-13(12)10-24-4/h5-7,11H,8-10H2,1-4H3,(H2,19,20,21). The van der Waals surface area contributed by atoms with Crippen LogP contribution in [-0.4, -0.2) is 38.3 Å². The fourth-order valence-electron chi connectivity index (χ4n) is 2.21. The molecule has 1 heterocycles.